The molecule has 0 saturated heterocycles. The molecule has 6 nitrogen and oxygen atoms in total. The maximum atomic E-state index is 14.6. The van der Waals surface area contributed by atoms with Crippen LogP contribution in [-0.2, 0) is 10.2 Å². The molecule has 2 aromatic rings. The van der Waals surface area contributed by atoms with E-state index in [0.29, 0.717) is 0 Å². The van der Waals surface area contributed by atoms with Gasteiger partial charge in [0.1, 0.15) is 5.82 Å². The second kappa shape index (κ2) is 6.69. The Kier molecular flexibility index (Phi) is 4.72. The van der Waals surface area contributed by atoms with Crippen molar-refractivity contribution in [2.75, 3.05) is 6.61 Å². The average molecular weight is 368 g/mol. The molecule has 26 heavy (non-hydrogen) atoms. The van der Waals surface area contributed by atoms with Gasteiger partial charge in [-0.1, -0.05) is 12.1 Å². The second-order valence-electron chi connectivity index (χ2n) is 6.71. The van der Waals surface area contributed by atoms with E-state index in [1.807, 2.05) is 0 Å². The van der Waals surface area contributed by atoms with E-state index >= 15 is 0 Å². The van der Waals surface area contributed by atoms with Gasteiger partial charge >= 0.3 is 5.97 Å². The number of nitrogens with zero attached hydrogens (tertiary/aromatic N) is 4. The molecule has 2 aromatic heterocycles. The van der Waals surface area contributed by atoms with Crippen LogP contribution in [0, 0.1) is 5.82 Å². The predicted molar refractivity (Wildman–Crippen MR) is 85.8 cm³/mol. The summed E-state index contributed by atoms with van der Waals surface area (Å²) in [6, 6.07) is 1.21. The summed E-state index contributed by atoms with van der Waals surface area (Å²) in [5.41, 5.74) is -0.290. The Morgan fingerprint density at radius 3 is 2.62 bits per heavy atom. The van der Waals surface area contributed by atoms with E-state index in [9.17, 15) is 18.0 Å². The van der Waals surface area contributed by atoms with Crippen LogP contribution < -0.4 is 0 Å². The van der Waals surface area contributed by atoms with E-state index < -0.39 is 23.1 Å². The van der Waals surface area contributed by atoms with E-state index in [1.54, 1.807) is 13.8 Å². The molecule has 0 bridgehead atoms. The highest BCUT2D eigenvalue weighted by Gasteiger charge is 2.43. The number of alkyl halides is 2. The largest absolute Gasteiger partial charge is 0.461 e. The molecule has 0 aromatic carbocycles. The summed E-state index contributed by atoms with van der Waals surface area (Å²) >= 11 is 0. The number of carbonyl (C=O) groups is 1. The monoisotopic (exact) mass is 368 g/mol. The summed E-state index contributed by atoms with van der Waals surface area (Å²) in [5.74, 6) is -3.91. The van der Waals surface area contributed by atoms with Crippen molar-refractivity contribution in [1.29, 1.82) is 0 Å². The molecule has 0 unspecified atom stereocenters. The minimum absolute atomic E-state index is 0.00203. The highest BCUT2D eigenvalue weighted by Crippen LogP contribution is 2.45. The second-order valence-corrected chi connectivity index (χ2v) is 6.71. The lowest BCUT2D eigenvalue weighted by Crippen LogP contribution is -2.35. The molecule has 0 atom stereocenters. The zero-order chi connectivity index (χ0) is 18.9. The number of esters is 1. The first-order valence-corrected chi connectivity index (χ1v) is 8.38. The number of hydrogen-bond acceptors (Lipinski definition) is 5. The topological polar surface area (TPSA) is 69.9 Å². The first kappa shape index (κ1) is 18.3. The zero-order valence-electron chi connectivity index (χ0n) is 14.5. The Morgan fingerprint density at radius 1 is 1.31 bits per heavy atom. The lowest BCUT2D eigenvalue weighted by atomic mass is 9.72. The molecule has 1 fully saturated rings. The molecule has 0 amide bonds. The van der Waals surface area contributed by atoms with Gasteiger partial charge in [0.15, 0.2) is 5.69 Å². The number of carbonyl (C=O) groups excluding carboxylic acids is 1. The lowest BCUT2D eigenvalue weighted by Gasteiger charge is -2.36. The number of rotatable bonds is 4. The van der Waals surface area contributed by atoms with Gasteiger partial charge in [-0.15, -0.1) is 5.10 Å². The molecule has 0 radical (unpaired) electrons. The molecule has 0 N–H and O–H groups in total. The number of ether oxygens (including phenoxy) is 1. The standard InChI is InChI=1S/C17H19F3N4O2/c1-3-26-15(25)13-10-24(23-22-13)11-8-12(18)14(21-9-11)16(2)4-6-17(19,20)7-5-16/h8-10H,3-7H2,1-2H3. The summed E-state index contributed by atoms with van der Waals surface area (Å²) in [4.78, 5) is 15.8. The van der Waals surface area contributed by atoms with Gasteiger partial charge in [0, 0.05) is 24.3 Å². The minimum Gasteiger partial charge on any atom is -0.461 e. The molecule has 0 spiro atoms. The Hall–Kier alpha value is -2.45. The number of pyridine rings is 1. The Bertz CT molecular complexity index is 812. The van der Waals surface area contributed by atoms with Crippen LogP contribution >= 0.6 is 0 Å². The predicted octanol–water partition coefficient (Wildman–Crippen LogP) is 3.45. The van der Waals surface area contributed by atoms with Crippen LogP contribution in [0.1, 0.15) is 55.7 Å². The zero-order valence-corrected chi connectivity index (χ0v) is 14.5. The Morgan fingerprint density at radius 2 is 2.00 bits per heavy atom. The first-order valence-electron chi connectivity index (χ1n) is 8.38. The SMILES string of the molecule is CCOC(=O)c1cn(-c2cnc(C3(C)CCC(F)(F)CC3)c(F)c2)nn1. The molecule has 1 aliphatic rings. The molecular weight excluding hydrogens is 349 g/mol. The summed E-state index contributed by atoms with van der Waals surface area (Å²) in [7, 11) is 0. The van der Waals surface area contributed by atoms with Crippen molar-refractivity contribution < 1.29 is 22.7 Å². The fourth-order valence-electron chi connectivity index (χ4n) is 3.09. The van der Waals surface area contributed by atoms with E-state index in [1.165, 1.54) is 23.1 Å². The van der Waals surface area contributed by atoms with Gasteiger partial charge in [0.2, 0.25) is 5.92 Å². The highest BCUT2D eigenvalue weighted by molar-refractivity contribution is 5.86. The first-order chi connectivity index (χ1) is 12.2. The van der Waals surface area contributed by atoms with Gasteiger partial charge in [-0.25, -0.2) is 22.6 Å². The number of aromatic nitrogens is 4. The van der Waals surface area contributed by atoms with Crippen LogP contribution in [0.2, 0.25) is 0 Å². The number of halogens is 3. The summed E-state index contributed by atoms with van der Waals surface area (Å²) in [6.45, 7) is 3.62. The van der Waals surface area contributed by atoms with Crippen molar-refractivity contribution in [1.82, 2.24) is 20.0 Å². The van der Waals surface area contributed by atoms with Crippen molar-refractivity contribution in [3.05, 3.63) is 35.7 Å². The van der Waals surface area contributed by atoms with Crippen molar-refractivity contribution in [3.8, 4) is 5.69 Å². The van der Waals surface area contributed by atoms with Crippen LogP contribution in [0.4, 0.5) is 13.2 Å². The van der Waals surface area contributed by atoms with Crippen molar-refractivity contribution in [3.63, 3.8) is 0 Å². The Balaban J connectivity index is 1.83. The van der Waals surface area contributed by atoms with Gasteiger partial charge in [0.05, 0.1) is 30.4 Å². The molecular formula is C17H19F3N4O2. The maximum absolute atomic E-state index is 14.6. The quantitative estimate of drug-likeness (QED) is 0.773. The van der Waals surface area contributed by atoms with Gasteiger partial charge in [0.25, 0.3) is 0 Å². The molecule has 0 aliphatic heterocycles. The van der Waals surface area contributed by atoms with Crippen LogP contribution in [0.15, 0.2) is 18.5 Å². The summed E-state index contributed by atoms with van der Waals surface area (Å²) < 4.78 is 47.5. The molecule has 3 rings (SSSR count). The van der Waals surface area contributed by atoms with Crippen LogP contribution in [-0.4, -0.2) is 38.5 Å². The lowest BCUT2D eigenvalue weighted by molar-refractivity contribution is -0.0506. The Labute approximate surface area is 148 Å². The average Bonchev–Trinajstić information content (AvgIpc) is 3.08. The highest BCUT2D eigenvalue weighted by atomic mass is 19.3. The minimum atomic E-state index is -2.69. The van der Waals surface area contributed by atoms with Gasteiger partial charge in [-0.2, -0.15) is 0 Å². The van der Waals surface area contributed by atoms with Gasteiger partial charge < -0.3 is 4.74 Å². The molecule has 1 aliphatic carbocycles. The van der Waals surface area contributed by atoms with E-state index in [2.05, 4.69) is 15.3 Å². The summed E-state index contributed by atoms with van der Waals surface area (Å²) in [6.07, 6.45) is 2.48. The normalized spacial score (nSPS) is 18.5. The van der Waals surface area contributed by atoms with Crippen LogP contribution in [0.3, 0.4) is 0 Å². The van der Waals surface area contributed by atoms with E-state index in [4.69, 9.17) is 4.74 Å². The number of hydrogen-bond donors (Lipinski definition) is 0. The van der Waals surface area contributed by atoms with Crippen LogP contribution in [0.25, 0.3) is 5.69 Å². The summed E-state index contributed by atoms with van der Waals surface area (Å²) in [5, 5.41) is 7.46. The van der Waals surface area contributed by atoms with Crippen molar-refractivity contribution in [2.45, 2.75) is 50.9 Å². The maximum Gasteiger partial charge on any atom is 0.360 e. The van der Waals surface area contributed by atoms with E-state index in [0.717, 1.165) is 0 Å². The molecule has 9 heteroatoms. The molecule has 2 heterocycles. The van der Waals surface area contributed by atoms with Crippen molar-refractivity contribution >= 4 is 5.97 Å². The van der Waals surface area contributed by atoms with Gasteiger partial charge in [-0.05, 0) is 19.8 Å². The molecule has 140 valence electrons. The molecule has 1 saturated carbocycles. The van der Waals surface area contributed by atoms with Crippen LogP contribution in [0.5, 0.6) is 0 Å². The van der Waals surface area contributed by atoms with Crippen molar-refractivity contribution in [2.24, 2.45) is 0 Å². The van der Waals surface area contributed by atoms with E-state index in [-0.39, 0.29) is 49.4 Å². The third-order valence-electron chi connectivity index (χ3n) is 4.73. The third-order valence-corrected chi connectivity index (χ3v) is 4.73. The fourth-order valence-corrected chi connectivity index (χ4v) is 3.09. The van der Waals surface area contributed by atoms with Gasteiger partial charge in [-0.3, -0.25) is 4.98 Å². The smallest absolute Gasteiger partial charge is 0.360 e. The third kappa shape index (κ3) is 3.56. The fraction of sp³-hybridized carbons (Fsp3) is 0.529.